The van der Waals surface area contributed by atoms with Crippen molar-refractivity contribution in [3.8, 4) is 11.5 Å². The standard InChI is InChI=1S/C30H43N3O3/c1-8-29(3,4)20-12-15-25(23(18-20)30(5,6)9-2)36-17-11-10-16-32-28(34)27-26(31)22-19-21(35-7)13-14-24(22)33-27/h12-15,18-19,33H,8-11,16-17,31H2,1-7H3,(H,32,34). The number of nitrogens with two attached hydrogens (primary N) is 1. The van der Waals surface area contributed by atoms with Crippen LogP contribution >= 0.6 is 0 Å². The number of carbonyl (C=O) groups is 1. The van der Waals surface area contributed by atoms with E-state index in [0.717, 1.165) is 42.3 Å². The van der Waals surface area contributed by atoms with Gasteiger partial charge in [0.05, 0.1) is 19.4 Å². The second kappa shape index (κ2) is 11.3. The number of H-pyrrole nitrogens is 1. The number of anilines is 1. The fraction of sp³-hybridized carbons (Fsp3) is 0.500. The van der Waals surface area contributed by atoms with Crippen LogP contribution in [0.3, 0.4) is 0 Å². The summed E-state index contributed by atoms with van der Waals surface area (Å²) in [5, 5.41) is 3.75. The summed E-state index contributed by atoms with van der Waals surface area (Å²) in [4.78, 5) is 15.8. The van der Waals surface area contributed by atoms with Gasteiger partial charge in [0, 0.05) is 23.0 Å². The maximum Gasteiger partial charge on any atom is 0.269 e. The van der Waals surface area contributed by atoms with E-state index in [9.17, 15) is 4.79 Å². The zero-order valence-electron chi connectivity index (χ0n) is 23.0. The number of aromatic amines is 1. The molecule has 4 N–H and O–H groups in total. The van der Waals surface area contributed by atoms with E-state index in [2.05, 4.69) is 70.0 Å². The SMILES string of the molecule is CCC(C)(C)c1ccc(OCCCCNC(=O)c2[nH]c3ccc(OC)cc3c2N)c(C(C)(C)CC)c1. The highest BCUT2D eigenvalue weighted by atomic mass is 16.5. The van der Waals surface area contributed by atoms with Crippen LogP contribution in [0, 0.1) is 0 Å². The van der Waals surface area contributed by atoms with Crippen LogP contribution in [0.2, 0.25) is 0 Å². The molecule has 6 heteroatoms. The van der Waals surface area contributed by atoms with Gasteiger partial charge in [0.15, 0.2) is 0 Å². The number of amides is 1. The third-order valence-electron chi connectivity index (χ3n) is 7.65. The van der Waals surface area contributed by atoms with Crippen molar-refractivity contribution in [2.75, 3.05) is 26.0 Å². The minimum atomic E-state index is -0.204. The molecule has 0 radical (unpaired) electrons. The molecule has 0 fully saturated rings. The number of benzene rings is 2. The Balaban J connectivity index is 1.56. The van der Waals surface area contributed by atoms with E-state index in [1.165, 1.54) is 11.1 Å². The number of nitrogens with one attached hydrogen (secondary N) is 2. The molecule has 1 amide bonds. The summed E-state index contributed by atoms with van der Waals surface area (Å²) in [6.07, 6.45) is 3.78. The van der Waals surface area contributed by atoms with Crippen LogP contribution in [0.4, 0.5) is 5.69 Å². The Morgan fingerprint density at radius 3 is 2.39 bits per heavy atom. The number of nitrogen functional groups attached to an aromatic ring is 1. The maximum atomic E-state index is 12.7. The van der Waals surface area contributed by atoms with Gasteiger partial charge in [0.25, 0.3) is 5.91 Å². The molecule has 0 spiro atoms. The first-order chi connectivity index (χ1) is 17.0. The number of unbranched alkanes of at least 4 members (excludes halogenated alkanes) is 1. The third kappa shape index (κ3) is 5.97. The van der Waals surface area contributed by atoms with Crippen molar-refractivity contribution in [3.05, 3.63) is 53.2 Å². The number of methoxy groups -OCH3 is 1. The average Bonchev–Trinajstić information content (AvgIpc) is 3.21. The number of hydrogen-bond acceptors (Lipinski definition) is 4. The van der Waals surface area contributed by atoms with Crippen LogP contribution in [0.25, 0.3) is 10.9 Å². The Bertz CT molecular complexity index is 1190. The summed E-state index contributed by atoms with van der Waals surface area (Å²) in [5.74, 6) is 1.46. The average molecular weight is 494 g/mol. The highest BCUT2D eigenvalue weighted by Crippen LogP contribution is 2.38. The largest absolute Gasteiger partial charge is 0.497 e. The first kappa shape index (κ1) is 27.4. The van der Waals surface area contributed by atoms with E-state index in [-0.39, 0.29) is 16.7 Å². The van der Waals surface area contributed by atoms with Crippen molar-refractivity contribution in [1.29, 1.82) is 0 Å². The summed E-state index contributed by atoms with van der Waals surface area (Å²) in [5.41, 5.74) is 10.6. The van der Waals surface area contributed by atoms with Gasteiger partial charge >= 0.3 is 0 Å². The molecule has 1 heterocycles. The van der Waals surface area contributed by atoms with E-state index in [1.54, 1.807) is 7.11 Å². The Hall–Kier alpha value is -3.15. The molecule has 0 aliphatic rings. The number of fused-ring (bicyclic) bond motifs is 1. The van der Waals surface area contributed by atoms with Crippen molar-refractivity contribution >= 4 is 22.5 Å². The van der Waals surface area contributed by atoms with Crippen molar-refractivity contribution in [1.82, 2.24) is 10.3 Å². The molecular weight excluding hydrogens is 450 g/mol. The molecule has 0 saturated heterocycles. The molecule has 0 atom stereocenters. The number of aromatic nitrogens is 1. The van der Waals surface area contributed by atoms with Crippen molar-refractivity contribution < 1.29 is 14.3 Å². The molecule has 196 valence electrons. The number of rotatable bonds is 12. The summed E-state index contributed by atoms with van der Waals surface area (Å²) in [6.45, 7) is 14.8. The molecule has 0 bridgehead atoms. The van der Waals surface area contributed by atoms with E-state index < -0.39 is 0 Å². The third-order valence-corrected chi connectivity index (χ3v) is 7.65. The predicted molar refractivity (Wildman–Crippen MR) is 149 cm³/mol. The molecule has 1 aromatic heterocycles. The Kier molecular flexibility index (Phi) is 8.59. The van der Waals surface area contributed by atoms with Gasteiger partial charge in [0.1, 0.15) is 17.2 Å². The first-order valence-corrected chi connectivity index (χ1v) is 13.0. The molecule has 3 aromatic rings. The lowest BCUT2D eigenvalue weighted by Gasteiger charge is -2.30. The summed E-state index contributed by atoms with van der Waals surface area (Å²) in [6, 6.07) is 12.2. The van der Waals surface area contributed by atoms with E-state index in [1.807, 2.05) is 18.2 Å². The van der Waals surface area contributed by atoms with Gasteiger partial charge in [-0.05, 0) is 66.3 Å². The molecule has 6 nitrogen and oxygen atoms in total. The summed E-state index contributed by atoms with van der Waals surface area (Å²) >= 11 is 0. The minimum absolute atomic E-state index is 0.0344. The highest BCUT2D eigenvalue weighted by molar-refractivity contribution is 6.07. The molecule has 3 rings (SSSR count). The molecule has 0 aliphatic heterocycles. The van der Waals surface area contributed by atoms with E-state index in [4.69, 9.17) is 15.2 Å². The van der Waals surface area contributed by atoms with Crippen molar-refractivity contribution in [2.45, 2.75) is 78.1 Å². The summed E-state index contributed by atoms with van der Waals surface area (Å²) in [7, 11) is 1.61. The van der Waals surface area contributed by atoms with Crippen LogP contribution in [0.1, 0.15) is 88.8 Å². The second-order valence-corrected chi connectivity index (χ2v) is 10.8. The van der Waals surface area contributed by atoms with Crippen LogP contribution in [-0.2, 0) is 10.8 Å². The number of ether oxygens (including phenoxy) is 2. The Morgan fingerprint density at radius 2 is 1.72 bits per heavy atom. The van der Waals surface area contributed by atoms with Gasteiger partial charge < -0.3 is 25.5 Å². The van der Waals surface area contributed by atoms with Crippen LogP contribution in [0.5, 0.6) is 11.5 Å². The molecule has 0 aliphatic carbocycles. The zero-order valence-corrected chi connectivity index (χ0v) is 23.0. The highest BCUT2D eigenvalue weighted by Gasteiger charge is 2.26. The van der Waals surface area contributed by atoms with Crippen LogP contribution < -0.4 is 20.5 Å². The lowest BCUT2D eigenvalue weighted by Crippen LogP contribution is -2.26. The topological polar surface area (TPSA) is 89.4 Å². The predicted octanol–water partition coefficient (Wildman–Crippen LogP) is 6.72. The quantitative estimate of drug-likeness (QED) is 0.244. The fourth-order valence-corrected chi connectivity index (χ4v) is 4.20. The van der Waals surface area contributed by atoms with Gasteiger partial charge in [-0.3, -0.25) is 4.79 Å². The van der Waals surface area contributed by atoms with Gasteiger partial charge in [-0.1, -0.05) is 53.7 Å². The normalized spacial score (nSPS) is 12.1. The lowest BCUT2D eigenvalue weighted by molar-refractivity contribution is 0.0949. The van der Waals surface area contributed by atoms with Gasteiger partial charge in [0.2, 0.25) is 0 Å². The zero-order chi connectivity index (χ0) is 26.5. The van der Waals surface area contributed by atoms with E-state index >= 15 is 0 Å². The molecule has 36 heavy (non-hydrogen) atoms. The van der Waals surface area contributed by atoms with Gasteiger partial charge in [-0.2, -0.15) is 0 Å². The fourth-order valence-electron chi connectivity index (χ4n) is 4.20. The van der Waals surface area contributed by atoms with Gasteiger partial charge in [-0.25, -0.2) is 0 Å². The van der Waals surface area contributed by atoms with Crippen LogP contribution in [0.15, 0.2) is 36.4 Å². The van der Waals surface area contributed by atoms with Crippen LogP contribution in [-0.4, -0.2) is 31.2 Å². The maximum absolute atomic E-state index is 12.7. The Morgan fingerprint density at radius 1 is 1.00 bits per heavy atom. The van der Waals surface area contributed by atoms with Crippen molar-refractivity contribution in [3.63, 3.8) is 0 Å². The summed E-state index contributed by atoms with van der Waals surface area (Å²) < 4.78 is 11.5. The first-order valence-electron chi connectivity index (χ1n) is 13.0. The van der Waals surface area contributed by atoms with Gasteiger partial charge in [-0.15, -0.1) is 0 Å². The smallest absolute Gasteiger partial charge is 0.269 e. The minimum Gasteiger partial charge on any atom is -0.497 e. The monoisotopic (exact) mass is 493 g/mol. The number of hydrogen-bond donors (Lipinski definition) is 3. The molecular formula is C30H43N3O3. The Labute approximate surface area is 215 Å². The molecule has 2 aromatic carbocycles. The van der Waals surface area contributed by atoms with Crippen molar-refractivity contribution in [2.24, 2.45) is 0 Å². The molecule has 0 saturated carbocycles. The van der Waals surface area contributed by atoms with E-state index in [0.29, 0.717) is 30.3 Å². The lowest BCUT2D eigenvalue weighted by atomic mass is 9.76. The number of carbonyl (C=O) groups excluding carboxylic acids is 1. The molecule has 0 unspecified atom stereocenters. The second-order valence-electron chi connectivity index (χ2n) is 10.8.